The Morgan fingerprint density at radius 1 is 1.26 bits per heavy atom. The lowest BCUT2D eigenvalue weighted by molar-refractivity contribution is 0.226. The molecule has 2 nitrogen and oxygen atoms in total. The first-order chi connectivity index (χ1) is 8.97. The Morgan fingerprint density at radius 2 is 2.00 bits per heavy atom. The van der Waals surface area contributed by atoms with Crippen LogP contribution in [0, 0.1) is 11.3 Å². The van der Waals surface area contributed by atoms with Gasteiger partial charge in [-0.15, -0.1) is 0 Å². The third kappa shape index (κ3) is 6.27. The fraction of sp³-hybridized carbons (Fsp3) is 1.00. The fourth-order valence-corrected chi connectivity index (χ4v) is 3.10. The van der Waals surface area contributed by atoms with E-state index in [0.29, 0.717) is 5.41 Å². The molecular formula is C17H36N2. The van der Waals surface area contributed by atoms with Gasteiger partial charge in [0.25, 0.3) is 0 Å². The van der Waals surface area contributed by atoms with E-state index < -0.39 is 0 Å². The highest BCUT2D eigenvalue weighted by molar-refractivity contribution is 4.83. The summed E-state index contributed by atoms with van der Waals surface area (Å²) in [4.78, 5) is 2.68. The predicted molar refractivity (Wildman–Crippen MR) is 85.6 cm³/mol. The molecule has 0 radical (unpaired) electrons. The third-order valence-electron chi connectivity index (χ3n) is 4.70. The molecule has 0 bridgehead atoms. The van der Waals surface area contributed by atoms with Crippen LogP contribution in [0.4, 0.5) is 0 Å². The number of hydrogen-bond acceptors (Lipinski definition) is 2. The maximum atomic E-state index is 3.66. The van der Waals surface area contributed by atoms with Crippen LogP contribution >= 0.6 is 0 Å². The minimum Gasteiger partial charge on any atom is -0.314 e. The summed E-state index contributed by atoms with van der Waals surface area (Å²) in [7, 11) is 0. The zero-order valence-corrected chi connectivity index (χ0v) is 14.0. The lowest BCUT2D eigenvalue weighted by Gasteiger charge is -2.27. The van der Waals surface area contributed by atoms with Crippen molar-refractivity contribution in [1.82, 2.24) is 10.2 Å². The molecule has 2 heteroatoms. The summed E-state index contributed by atoms with van der Waals surface area (Å²) < 4.78 is 0. The van der Waals surface area contributed by atoms with E-state index >= 15 is 0 Å². The maximum absolute atomic E-state index is 3.66. The molecule has 1 aliphatic heterocycles. The second-order valence-electron chi connectivity index (χ2n) is 7.35. The first-order valence-electron chi connectivity index (χ1n) is 8.43. The molecule has 1 rings (SSSR count). The van der Waals surface area contributed by atoms with Crippen LogP contribution in [0.25, 0.3) is 0 Å². The summed E-state index contributed by atoms with van der Waals surface area (Å²) in [6.45, 7) is 16.8. The van der Waals surface area contributed by atoms with Crippen LogP contribution in [0.15, 0.2) is 0 Å². The number of likely N-dealkylation sites (tertiary alicyclic amines) is 1. The van der Waals surface area contributed by atoms with E-state index in [9.17, 15) is 0 Å². The summed E-state index contributed by atoms with van der Waals surface area (Å²) in [5.41, 5.74) is 0.489. The lowest BCUT2D eigenvalue weighted by Crippen LogP contribution is -2.31. The molecule has 1 saturated heterocycles. The van der Waals surface area contributed by atoms with Crippen molar-refractivity contribution in [3.05, 3.63) is 0 Å². The van der Waals surface area contributed by atoms with Gasteiger partial charge < -0.3 is 10.2 Å². The average Bonchev–Trinajstić information content (AvgIpc) is 2.82. The quantitative estimate of drug-likeness (QED) is 0.718. The third-order valence-corrected chi connectivity index (χ3v) is 4.70. The van der Waals surface area contributed by atoms with Gasteiger partial charge in [0.15, 0.2) is 0 Å². The van der Waals surface area contributed by atoms with E-state index in [2.05, 4.69) is 44.8 Å². The van der Waals surface area contributed by atoms with E-state index in [1.165, 1.54) is 58.3 Å². The summed E-state index contributed by atoms with van der Waals surface area (Å²) in [6, 6.07) is 0.737. The normalized spacial score (nSPS) is 22.9. The van der Waals surface area contributed by atoms with Gasteiger partial charge in [-0.2, -0.15) is 0 Å². The van der Waals surface area contributed by atoms with E-state index in [4.69, 9.17) is 0 Å². The van der Waals surface area contributed by atoms with Gasteiger partial charge in [-0.1, -0.05) is 34.6 Å². The number of nitrogens with one attached hydrogen (secondary N) is 1. The largest absolute Gasteiger partial charge is 0.314 e. The van der Waals surface area contributed by atoms with Gasteiger partial charge >= 0.3 is 0 Å². The molecule has 0 aromatic carbocycles. The molecule has 0 amide bonds. The molecule has 1 heterocycles. The average molecular weight is 268 g/mol. The second-order valence-corrected chi connectivity index (χ2v) is 7.35. The smallest absolute Gasteiger partial charge is 0.00649 e. The van der Waals surface area contributed by atoms with Gasteiger partial charge in [0.2, 0.25) is 0 Å². The van der Waals surface area contributed by atoms with Gasteiger partial charge in [0.1, 0.15) is 0 Å². The standard InChI is InChI=1S/C17H36N2/c1-6-11-18-16(7-2)9-8-12-19-13-10-15(14-19)17(3,4)5/h15-16,18H,6-14H2,1-5H3. The van der Waals surface area contributed by atoms with Crippen molar-refractivity contribution in [3.63, 3.8) is 0 Å². The Morgan fingerprint density at radius 3 is 2.53 bits per heavy atom. The Hall–Kier alpha value is -0.0800. The van der Waals surface area contributed by atoms with E-state index in [1.807, 2.05) is 0 Å². The van der Waals surface area contributed by atoms with Crippen LogP contribution in [-0.2, 0) is 0 Å². The van der Waals surface area contributed by atoms with Crippen LogP contribution in [0.2, 0.25) is 0 Å². The predicted octanol–water partition coefficient (Wildman–Crippen LogP) is 3.91. The van der Waals surface area contributed by atoms with Gasteiger partial charge in [0, 0.05) is 12.6 Å². The van der Waals surface area contributed by atoms with E-state index in [0.717, 1.165) is 12.0 Å². The van der Waals surface area contributed by atoms with Gasteiger partial charge in [0.05, 0.1) is 0 Å². The molecule has 0 saturated carbocycles. The molecule has 0 aromatic rings. The van der Waals surface area contributed by atoms with E-state index in [-0.39, 0.29) is 0 Å². The Bertz CT molecular complexity index is 232. The molecule has 2 unspecified atom stereocenters. The number of rotatable bonds is 8. The minimum absolute atomic E-state index is 0.489. The van der Waals surface area contributed by atoms with Crippen molar-refractivity contribution in [2.45, 2.75) is 72.8 Å². The van der Waals surface area contributed by atoms with E-state index in [1.54, 1.807) is 0 Å². The zero-order valence-electron chi connectivity index (χ0n) is 14.0. The molecule has 0 spiro atoms. The number of nitrogens with zero attached hydrogens (tertiary/aromatic N) is 1. The highest BCUT2D eigenvalue weighted by Crippen LogP contribution is 2.33. The fourth-order valence-electron chi connectivity index (χ4n) is 3.10. The van der Waals surface area contributed by atoms with Crippen LogP contribution in [-0.4, -0.2) is 37.1 Å². The minimum atomic E-state index is 0.489. The van der Waals surface area contributed by atoms with Crippen molar-refractivity contribution < 1.29 is 0 Å². The first-order valence-corrected chi connectivity index (χ1v) is 8.43. The van der Waals surface area contributed by atoms with Gasteiger partial charge in [-0.05, 0) is 63.1 Å². The molecule has 0 aromatic heterocycles. The molecule has 2 atom stereocenters. The van der Waals surface area contributed by atoms with Crippen LogP contribution in [0.5, 0.6) is 0 Å². The van der Waals surface area contributed by atoms with Crippen LogP contribution in [0.1, 0.15) is 66.7 Å². The lowest BCUT2D eigenvalue weighted by atomic mass is 9.80. The van der Waals surface area contributed by atoms with Crippen molar-refractivity contribution >= 4 is 0 Å². The van der Waals surface area contributed by atoms with Crippen molar-refractivity contribution in [2.24, 2.45) is 11.3 Å². The maximum Gasteiger partial charge on any atom is 0.00649 e. The molecule has 1 fully saturated rings. The topological polar surface area (TPSA) is 15.3 Å². The second kappa shape index (κ2) is 8.26. The Kier molecular flexibility index (Phi) is 7.38. The SMILES string of the molecule is CCCNC(CC)CCCN1CCC(C(C)(C)C)C1. The monoisotopic (exact) mass is 268 g/mol. The van der Waals surface area contributed by atoms with Gasteiger partial charge in [-0.25, -0.2) is 0 Å². The highest BCUT2D eigenvalue weighted by Gasteiger charge is 2.31. The molecule has 1 N–H and O–H groups in total. The Labute approximate surface area is 121 Å². The van der Waals surface area contributed by atoms with Crippen molar-refractivity contribution in [2.75, 3.05) is 26.2 Å². The molecule has 19 heavy (non-hydrogen) atoms. The molecule has 1 aliphatic rings. The summed E-state index contributed by atoms with van der Waals surface area (Å²) >= 11 is 0. The van der Waals surface area contributed by atoms with Crippen molar-refractivity contribution in [3.8, 4) is 0 Å². The molecule has 0 aliphatic carbocycles. The first kappa shape index (κ1) is 17.0. The Balaban J connectivity index is 2.16. The summed E-state index contributed by atoms with van der Waals surface area (Å²) in [6.07, 6.45) is 6.61. The van der Waals surface area contributed by atoms with Crippen LogP contribution in [0.3, 0.4) is 0 Å². The molecule has 114 valence electrons. The van der Waals surface area contributed by atoms with Gasteiger partial charge in [-0.3, -0.25) is 0 Å². The van der Waals surface area contributed by atoms with Crippen LogP contribution < -0.4 is 5.32 Å². The summed E-state index contributed by atoms with van der Waals surface area (Å²) in [5.74, 6) is 0.896. The molecular weight excluding hydrogens is 232 g/mol. The zero-order chi connectivity index (χ0) is 14.3. The van der Waals surface area contributed by atoms with Crippen molar-refractivity contribution in [1.29, 1.82) is 0 Å². The highest BCUT2D eigenvalue weighted by atomic mass is 15.1. The number of hydrogen-bond donors (Lipinski definition) is 1. The summed E-state index contributed by atoms with van der Waals surface area (Å²) in [5, 5.41) is 3.66.